The van der Waals surface area contributed by atoms with E-state index in [2.05, 4.69) is 0 Å². The molecule has 3 N–H and O–H groups in total. The molecular weight excluding hydrogens is 230 g/mol. The lowest BCUT2D eigenvalue weighted by Gasteiger charge is -2.34. The van der Waals surface area contributed by atoms with Crippen molar-refractivity contribution in [2.75, 3.05) is 0 Å². The van der Waals surface area contributed by atoms with Crippen LogP contribution in [0.4, 0.5) is 8.78 Å². The summed E-state index contributed by atoms with van der Waals surface area (Å²) >= 11 is 0. The van der Waals surface area contributed by atoms with Crippen LogP contribution in [0.2, 0.25) is 0 Å². The quantitative estimate of drug-likeness (QED) is 0.479. The van der Waals surface area contributed by atoms with Gasteiger partial charge in [-0.15, -0.1) is 0 Å². The highest BCUT2D eigenvalue weighted by Gasteiger charge is 2.46. The normalized spacial score (nSPS) is 18.3. The zero-order chi connectivity index (χ0) is 12.5. The fourth-order valence-corrected chi connectivity index (χ4v) is 1.65. The molecular formula is C11H12F2N2O2. The van der Waals surface area contributed by atoms with Gasteiger partial charge in [-0.25, -0.2) is 14.6 Å². The lowest BCUT2D eigenvalue weighted by molar-refractivity contribution is -0.134. The van der Waals surface area contributed by atoms with Crippen LogP contribution in [-0.4, -0.2) is 17.9 Å². The summed E-state index contributed by atoms with van der Waals surface area (Å²) in [7, 11) is 0. The van der Waals surface area contributed by atoms with Crippen LogP contribution < -0.4 is 16.0 Å². The number of ether oxygens (including phenoxy) is 1. The number of halogens is 2. The second-order valence-corrected chi connectivity index (χ2v) is 4.00. The van der Waals surface area contributed by atoms with E-state index in [-0.39, 0.29) is 12.8 Å². The molecule has 92 valence electrons. The standard InChI is InChI=1S/C11H12F2N2O2/c12-11(13)5-9(6-11)17-8-3-1-7(2-4-8)10(16)15-14/h1-4,9H,5-6,14H2,(H,15,16). The molecule has 2 rings (SSSR count). The molecule has 1 aliphatic rings. The molecule has 0 unspecified atom stereocenters. The average molecular weight is 242 g/mol. The minimum atomic E-state index is -2.59. The predicted octanol–water partition coefficient (Wildman–Crippen LogP) is 1.47. The number of hydrazine groups is 1. The number of alkyl halides is 2. The Hall–Kier alpha value is -1.69. The van der Waals surface area contributed by atoms with E-state index in [1.165, 1.54) is 12.1 Å². The van der Waals surface area contributed by atoms with Crippen LogP contribution in [0.15, 0.2) is 24.3 Å². The lowest BCUT2D eigenvalue weighted by Crippen LogP contribution is -2.43. The molecule has 0 atom stereocenters. The molecule has 0 aromatic heterocycles. The topological polar surface area (TPSA) is 64.3 Å². The first kappa shape index (κ1) is 11.8. The van der Waals surface area contributed by atoms with Gasteiger partial charge in [0.1, 0.15) is 11.9 Å². The molecule has 4 nitrogen and oxygen atoms in total. The van der Waals surface area contributed by atoms with E-state index in [1.807, 2.05) is 5.43 Å². The maximum absolute atomic E-state index is 12.6. The van der Waals surface area contributed by atoms with Crippen LogP contribution in [0.1, 0.15) is 23.2 Å². The third kappa shape index (κ3) is 2.71. The minimum absolute atomic E-state index is 0.252. The van der Waals surface area contributed by atoms with Gasteiger partial charge < -0.3 is 4.74 Å². The number of nitrogens with one attached hydrogen (secondary N) is 1. The van der Waals surface area contributed by atoms with Gasteiger partial charge in [0.05, 0.1) is 0 Å². The van der Waals surface area contributed by atoms with Crippen molar-refractivity contribution < 1.29 is 18.3 Å². The van der Waals surface area contributed by atoms with Crippen molar-refractivity contribution >= 4 is 5.91 Å². The second kappa shape index (κ2) is 4.29. The van der Waals surface area contributed by atoms with Gasteiger partial charge in [-0.1, -0.05) is 0 Å². The Balaban J connectivity index is 1.93. The first-order valence-corrected chi connectivity index (χ1v) is 5.16. The van der Waals surface area contributed by atoms with E-state index in [4.69, 9.17) is 10.6 Å². The molecule has 1 aliphatic carbocycles. The van der Waals surface area contributed by atoms with E-state index in [0.29, 0.717) is 11.3 Å². The number of hydrogen-bond donors (Lipinski definition) is 2. The molecule has 1 fully saturated rings. The number of hydrogen-bond acceptors (Lipinski definition) is 3. The van der Waals surface area contributed by atoms with E-state index in [9.17, 15) is 13.6 Å². The zero-order valence-corrected chi connectivity index (χ0v) is 8.95. The predicted molar refractivity (Wildman–Crippen MR) is 56.7 cm³/mol. The van der Waals surface area contributed by atoms with Crippen molar-refractivity contribution in [3.8, 4) is 5.75 Å². The molecule has 1 aromatic carbocycles. The summed E-state index contributed by atoms with van der Waals surface area (Å²) in [6.45, 7) is 0. The smallest absolute Gasteiger partial charge is 0.265 e. The first-order valence-electron chi connectivity index (χ1n) is 5.16. The minimum Gasteiger partial charge on any atom is -0.490 e. The van der Waals surface area contributed by atoms with Crippen LogP contribution in [0.25, 0.3) is 0 Å². The summed E-state index contributed by atoms with van der Waals surface area (Å²) in [5.74, 6) is 2.44. The summed E-state index contributed by atoms with van der Waals surface area (Å²) in [5, 5.41) is 0. The Labute approximate surface area is 96.7 Å². The summed E-state index contributed by atoms with van der Waals surface area (Å²) in [5.41, 5.74) is 2.38. The lowest BCUT2D eigenvalue weighted by atomic mass is 9.91. The van der Waals surface area contributed by atoms with Gasteiger partial charge in [-0.3, -0.25) is 10.2 Å². The molecule has 0 saturated heterocycles. The van der Waals surface area contributed by atoms with Gasteiger partial charge in [-0.2, -0.15) is 0 Å². The van der Waals surface area contributed by atoms with Gasteiger partial charge in [0.25, 0.3) is 11.8 Å². The van der Waals surface area contributed by atoms with Crippen LogP contribution in [-0.2, 0) is 0 Å². The number of rotatable bonds is 3. The van der Waals surface area contributed by atoms with Crippen molar-refractivity contribution in [1.82, 2.24) is 5.43 Å². The Morgan fingerprint density at radius 1 is 1.35 bits per heavy atom. The fourth-order valence-electron chi connectivity index (χ4n) is 1.65. The highest BCUT2D eigenvalue weighted by Crippen LogP contribution is 2.39. The monoisotopic (exact) mass is 242 g/mol. The SMILES string of the molecule is NNC(=O)c1ccc(OC2CC(F)(F)C2)cc1. The van der Waals surface area contributed by atoms with Crippen LogP contribution in [0, 0.1) is 0 Å². The number of nitrogens with two attached hydrogens (primary N) is 1. The summed E-state index contributed by atoms with van der Waals surface area (Å²) in [4.78, 5) is 11.1. The molecule has 0 aliphatic heterocycles. The highest BCUT2D eigenvalue weighted by atomic mass is 19.3. The van der Waals surface area contributed by atoms with Gasteiger partial charge >= 0.3 is 0 Å². The van der Waals surface area contributed by atoms with Gasteiger partial charge in [0.2, 0.25) is 0 Å². The molecule has 0 bridgehead atoms. The molecule has 1 amide bonds. The number of nitrogen functional groups attached to an aromatic ring is 1. The van der Waals surface area contributed by atoms with Gasteiger partial charge in [-0.05, 0) is 24.3 Å². The number of amides is 1. The third-order valence-electron chi connectivity index (χ3n) is 2.60. The molecule has 0 spiro atoms. The maximum atomic E-state index is 12.6. The highest BCUT2D eigenvalue weighted by molar-refractivity contribution is 5.93. The van der Waals surface area contributed by atoms with E-state index >= 15 is 0 Å². The average Bonchev–Trinajstić information content (AvgIpc) is 2.26. The molecule has 0 radical (unpaired) electrons. The molecule has 0 heterocycles. The van der Waals surface area contributed by atoms with Crippen molar-refractivity contribution in [3.63, 3.8) is 0 Å². The van der Waals surface area contributed by atoms with Crippen molar-refractivity contribution in [1.29, 1.82) is 0 Å². The van der Waals surface area contributed by atoms with Crippen molar-refractivity contribution in [3.05, 3.63) is 29.8 Å². The van der Waals surface area contributed by atoms with E-state index < -0.39 is 17.9 Å². The first-order chi connectivity index (χ1) is 8.00. The Kier molecular flexibility index (Phi) is 2.97. The molecule has 6 heteroatoms. The second-order valence-electron chi connectivity index (χ2n) is 4.00. The number of carbonyl (C=O) groups excluding carboxylic acids is 1. The molecule has 1 aromatic rings. The van der Waals surface area contributed by atoms with Crippen LogP contribution in [0.5, 0.6) is 5.75 Å². The van der Waals surface area contributed by atoms with Crippen LogP contribution in [0.3, 0.4) is 0 Å². The van der Waals surface area contributed by atoms with E-state index in [1.54, 1.807) is 12.1 Å². The number of carbonyl (C=O) groups is 1. The third-order valence-corrected chi connectivity index (χ3v) is 2.60. The summed E-state index contributed by atoms with van der Waals surface area (Å²) in [6.07, 6.45) is -0.949. The zero-order valence-electron chi connectivity index (χ0n) is 8.95. The largest absolute Gasteiger partial charge is 0.490 e. The molecule has 17 heavy (non-hydrogen) atoms. The Bertz CT molecular complexity index is 412. The fraction of sp³-hybridized carbons (Fsp3) is 0.364. The molecule has 1 saturated carbocycles. The summed E-state index contributed by atoms with van der Waals surface area (Å²) < 4.78 is 30.4. The van der Waals surface area contributed by atoms with Crippen LogP contribution >= 0.6 is 0 Å². The number of benzene rings is 1. The summed E-state index contributed by atoms with van der Waals surface area (Å²) in [6, 6.07) is 6.16. The van der Waals surface area contributed by atoms with Gasteiger partial charge in [0.15, 0.2) is 0 Å². The Morgan fingerprint density at radius 2 is 1.94 bits per heavy atom. The van der Waals surface area contributed by atoms with Crippen molar-refractivity contribution in [2.45, 2.75) is 24.9 Å². The van der Waals surface area contributed by atoms with E-state index in [0.717, 1.165) is 0 Å². The van der Waals surface area contributed by atoms with Gasteiger partial charge in [0, 0.05) is 18.4 Å². The maximum Gasteiger partial charge on any atom is 0.265 e. The Morgan fingerprint density at radius 3 is 2.41 bits per heavy atom. The van der Waals surface area contributed by atoms with Crippen molar-refractivity contribution in [2.24, 2.45) is 5.84 Å².